The van der Waals surface area contributed by atoms with Gasteiger partial charge in [0.15, 0.2) is 6.61 Å². The van der Waals surface area contributed by atoms with Gasteiger partial charge in [0.1, 0.15) is 5.75 Å². The Hall–Kier alpha value is -1.50. The molecule has 1 N–H and O–H groups in total. The van der Waals surface area contributed by atoms with Gasteiger partial charge < -0.3 is 9.72 Å². The fourth-order valence-electron chi connectivity index (χ4n) is 1.43. The van der Waals surface area contributed by atoms with Crippen molar-refractivity contribution in [3.05, 3.63) is 39.1 Å². The lowest BCUT2D eigenvalue weighted by molar-refractivity contribution is -0.153. The molecule has 0 aliphatic heterocycles. The molecule has 0 bridgehead atoms. The Balaban J connectivity index is 2.38. The SMILES string of the molecule is O=c1c(Br)c[nH]c2ccc(OCC(F)(F)F)cc12. The number of benzene rings is 1. The number of fused-ring (bicyclic) bond motifs is 1. The van der Waals surface area contributed by atoms with E-state index in [-0.39, 0.29) is 16.6 Å². The molecule has 0 atom stereocenters. The lowest BCUT2D eigenvalue weighted by Gasteiger charge is -2.09. The van der Waals surface area contributed by atoms with Crippen LogP contribution in [0.4, 0.5) is 13.2 Å². The summed E-state index contributed by atoms with van der Waals surface area (Å²) in [7, 11) is 0. The molecule has 0 saturated carbocycles. The highest BCUT2D eigenvalue weighted by Gasteiger charge is 2.28. The number of halogens is 4. The van der Waals surface area contributed by atoms with Gasteiger partial charge in [0.25, 0.3) is 0 Å². The molecule has 1 aromatic heterocycles. The van der Waals surface area contributed by atoms with Crippen LogP contribution in [-0.4, -0.2) is 17.8 Å². The van der Waals surface area contributed by atoms with E-state index in [1.807, 2.05) is 0 Å². The zero-order chi connectivity index (χ0) is 13.3. The highest BCUT2D eigenvalue weighted by atomic mass is 79.9. The largest absolute Gasteiger partial charge is 0.484 e. The summed E-state index contributed by atoms with van der Waals surface area (Å²) >= 11 is 3.05. The molecule has 96 valence electrons. The van der Waals surface area contributed by atoms with Crippen LogP contribution in [-0.2, 0) is 0 Å². The van der Waals surface area contributed by atoms with Crippen LogP contribution in [0.25, 0.3) is 10.9 Å². The van der Waals surface area contributed by atoms with Crippen LogP contribution in [0.1, 0.15) is 0 Å². The van der Waals surface area contributed by atoms with Crippen molar-refractivity contribution in [2.75, 3.05) is 6.61 Å². The average Bonchev–Trinajstić information content (AvgIpc) is 2.31. The average molecular weight is 322 g/mol. The van der Waals surface area contributed by atoms with Crippen LogP contribution in [0.3, 0.4) is 0 Å². The van der Waals surface area contributed by atoms with Crippen molar-refractivity contribution in [1.82, 2.24) is 4.98 Å². The molecule has 1 aromatic carbocycles. The van der Waals surface area contributed by atoms with E-state index in [2.05, 4.69) is 25.7 Å². The summed E-state index contributed by atoms with van der Waals surface area (Å²) in [6.07, 6.45) is -2.93. The first kappa shape index (κ1) is 12.9. The van der Waals surface area contributed by atoms with E-state index in [4.69, 9.17) is 0 Å². The van der Waals surface area contributed by atoms with E-state index in [0.29, 0.717) is 9.99 Å². The molecular weight excluding hydrogens is 315 g/mol. The number of aromatic nitrogens is 1. The van der Waals surface area contributed by atoms with E-state index < -0.39 is 12.8 Å². The number of rotatable bonds is 2. The summed E-state index contributed by atoms with van der Waals surface area (Å²) in [6.45, 7) is -1.38. The number of nitrogens with one attached hydrogen (secondary N) is 1. The Morgan fingerprint density at radius 1 is 1.33 bits per heavy atom. The molecule has 0 spiro atoms. The van der Waals surface area contributed by atoms with Gasteiger partial charge in [0.2, 0.25) is 5.43 Å². The number of alkyl halides is 3. The molecule has 0 saturated heterocycles. The van der Waals surface area contributed by atoms with Crippen molar-refractivity contribution in [3.8, 4) is 5.75 Å². The van der Waals surface area contributed by atoms with Crippen molar-refractivity contribution in [2.45, 2.75) is 6.18 Å². The second kappa shape index (κ2) is 4.64. The van der Waals surface area contributed by atoms with Gasteiger partial charge in [-0.1, -0.05) is 0 Å². The Labute approximate surface area is 108 Å². The molecule has 0 aliphatic rings. The summed E-state index contributed by atoms with van der Waals surface area (Å²) in [5.74, 6) is 0.00317. The fraction of sp³-hybridized carbons (Fsp3) is 0.182. The van der Waals surface area contributed by atoms with Gasteiger partial charge in [-0.25, -0.2) is 0 Å². The summed E-state index contributed by atoms with van der Waals surface area (Å²) < 4.78 is 40.9. The number of hydrogen-bond acceptors (Lipinski definition) is 2. The lowest BCUT2D eigenvalue weighted by atomic mass is 10.2. The number of H-pyrrole nitrogens is 1. The number of pyridine rings is 1. The van der Waals surface area contributed by atoms with Gasteiger partial charge in [-0.3, -0.25) is 4.79 Å². The predicted molar refractivity (Wildman–Crippen MR) is 63.8 cm³/mol. The molecule has 3 nitrogen and oxygen atoms in total. The lowest BCUT2D eigenvalue weighted by Crippen LogP contribution is -2.19. The zero-order valence-electron chi connectivity index (χ0n) is 8.84. The van der Waals surface area contributed by atoms with Gasteiger partial charge in [0, 0.05) is 11.7 Å². The van der Waals surface area contributed by atoms with E-state index >= 15 is 0 Å². The molecule has 0 amide bonds. The smallest absolute Gasteiger partial charge is 0.422 e. The number of ether oxygens (including phenoxy) is 1. The summed E-state index contributed by atoms with van der Waals surface area (Å²) in [6, 6.07) is 4.15. The van der Waals surface area contributed by atoms with Crippen LogP contribution in [0.5, 0.6) is 5.75 Å². The third-order valence-corrected chi connectivity index (χ3v) is 2.80. The molecule has 7 heteroatoms. The Bertz CT molecular complexity index is 636. The summed E-state index contributed by atoms with van der Waals surface area (Å²) in [4.78, 5) is 14.6. The highest BCUT2D eigenvalue weighted by molar-refractivity contribution is 9.10. The second-order valence-corrected chi connectivity index (χ2v) is 4.43. The molecule has 1 heterocycles. The van der Waals surface area contributed by atoms with Gasteiger partial charge in [0.05, 0.1) is 9.86 Å². The Morgan fingerprint density at radius 2 is 2.06 bits per heavy atom. The minimum Gasteiger partial charge on any atom is -0.484 e. The molecule has 0 unspecified atom stereocenters. The van der Waals surface area contributed by atoms with Gasteiger partial charge >= 0.3 is 6.18 Å². The molecule has 18 heavy (non-hydrogen) atoms. The van der Waals surface area contributed by atoms with E-state index in [0.717, 1.165) is 0 Å². The monoisotopic (exact) mass is 321 g/mol. The molecule has 0 fully saturated rings. The van der Waals surface area contributed by atoms with Gasteiger partial charge in [-0.15, -0.1) is 0 Å². The van der Waals surface area contributed by atoms with Crippen LogP contribution in [0.15, 0.2) is 33.7 Å². The summed E-state index contributed by atoms with van der Waals surface area (Å²) in [5.41, 5.74) is 0.226. The van der Waals surface area contributed by atoms with Crippen LogP contribution in [0, 0.1) is 0 Å². The second-order valence-electron chi connectivity index (χ2n) is 3.58. The standard InChI is InChI=1S/C11H7BrF3NO2/c12-8-4-16-9-2-1-6(3-7(9)10(8)17)18-5-11(13,14)15/h1-4H,5H2,(H,16,17). The van der Waals surface area contributed by atoms with Gasteiger partial charge in [-0.05, 0) is 34.1 Å². The van der Waals surface area contributed by atoms with Crippen molar-refractivity contribution >= 4 is 26.8 Å². The minimum absolute atomic E-state index is 0.00317. The van der Waals surface area contributed by atoms with E-state index in [1.165, 1.54) is 24.4 Å². The van der Waals surface area contributed by atoms with Crippen molar-refractivity contribution in [2.24, 2.45) is 0 Å². The Kier molecular flexibility index (Phi) is 3.34. The maximum atomic E-state index is 12.0. The quantitative estimate of drug-likeness (QED) is 0.922. The van der Waals surface area contributed by atoms with Crippen molar-refractivity contribution < 1.29 is 17.9 Å². The minimum atomic E-state index is -4.40. The first-order valence-electron chi connectivity index (χ1n) is 4.87. The zero-order valence-corrected chi connectivity index (χ0v) is 10.4. The molecule has 2 rings (SSSR count). The third-order valence-electron chi connectivity index (χ3n) is 2.21. The highest BCUT2D eigenvalue weighted by Crippen LogP contribution is 2.21. The molecule has 0 aliphatic carbocycles. The van der Waals surface area contributed by atoms with Crippen LogP contribution >= 0.6 is 15.9 Å². The fourth-order valence-corrected chi connectivity index (χ4v) is 1.76. The summed E-state index contributed by atoms with van der Waals surface area (Å²) in [5, 5.41) is 0.268. The molecule has 0 radical (unpaired) electrons. The van der Waals surface area contributed by atoms with Crippen LogP contribution < -0.4 is 10.2 Å². The Morgan fingerprint density at radius 3 is 2.72 bits per heavy atom. The normalized spacial score (nSPS) is 11.8. The molecule has 2 aromatic rings. The first-order chi connectivity index (χ1) is 8.37. The van der Waals surface area contributed by atoms with E-state index in [9.17, 15) is 18.0 Å². The maximum absolute atomic E-state index is 12.0. The predicted octanol–water partition coefficient (Wildman–Crippen LogP) is 3.23. The maximum Gasteiger partial charge on any atom is 0.422 e. The first-order valence-corrected chi connectivity index (χ1v) is 5.66. The van der Waals surface area contributed by atoms with Crippen LogP contribution in [0.2, 0.25) is 0 Å². The van der Waals surface area contributed by atoms with Crippen molar-refractivity contribution in [1.29, 1.82) is 0 Å². The number of hydrogen-bond donors (Lipinski definition) is 1. The molecular formula is C11H7BrF3NO2. The third kappa shape index (κ3) is 2.84. The van der Waals surface area contributed by atoms with E-state index in [1.54, 1.807) is 0 Å². The van der Waals surface area contributed by atoms with Crippen molar-refractivity contribution in [3.63, 3.8) is 0 Å². The number of aromatic amines is 1. The topological polar surface area (TPSA) is 42.1 Å². The van der Waals surface area contributed by atoms with Gasteiger partial charge in [-0.2, -0.15) is 13.2 Å².